The number of piperazine rings is 1. The molecule has 0 aromatic heterocycles. The van der Waals surface area contributed by atoms with Gasteiger partial charge in [0.05, 0.1) is 27.2 Å². The van der Waals surface area contributed by atoms with Crippen molar-refractivity contribution in [3.63, 3.8) is 0 Å². The number of likely N-dealkylation sites (N-methyl/N-ethyl adjacent to an activating group) is 1. The number of hydrogen-bond acceptors (Lipinski definition) is 4. The van der Waals surface area contributed by atoms with Crippen LogP contribution in [0.3, 0.4) is 0 Å². The lowest BCUT2D eigenvalue weighted by molar-refractivity contribution is -0.143. The third-order valence-electron chi connectivity index (χ3n) is 8.58. The fourth-order valence-electron chi connectivity index (χ4n) is 5.88. The zero-order chi connectivity index (χ0) is 36.1. The molecule has 49 heavy (non-hydrogen) atoms. The Bertz CT molecular complexity index is 1600. The van der Waals surface area contributed by atoms with E-state index in [2.05, 4.69) is 20.4 Å². The highest BCUT2D eigenvalue weighted by Gasteiger charge is 2.38. The molecule has 0 aliphatic carbocycles. The van der Waals surface area contributed by atoms with Crippen LogP contribution in [0.4, 0.5) is 36.8 Å². The Kier molecular flexibility index (Phi) is 12.4. The molecular weight excluding hydrogens is 695 g/mol. The SMILES string of the molecule is CNC(=O)N[C@@H](C)c1ccccc1N1CCN(CC[C@H](CN(C)C(=O)c2cc(C(F)(F)F)cc(C(F)(F)F)c2)c2ccc(Cl)c(Cl)c2)CC1. The standard InChI is InChI=1S/C34H37Cl2F6N5O2/c1-21(44-32(49)43-2)27-6-4-5-7-30(27)47-14-12-46(13-15-47)11-10-23(22-8-9-28(35)29(36)18-22)20-45(3)31(48)24-16-25(33(37,38)39)19-26(17-24)34(40,41)42/h4-9,16-19,21,23H,10-15,20H2,1-3H3,(H2,43,44,49)/t21-,23+/m0/s1. The zero-order valence-corrected chi connectivity index (χ0v) is 28.6. The molecule has 0 spiro atoms. The van der Waals surface area contributed by atoms with Gasteiger partial charge in [-0.1, -0.05) is 47.5 Å². The first-order valence-corrected chi connectivity index (χ1v) is 16.3. The minimum Gasteiger partial charge on any atom is -0.369 e. The van der Waals surface area contributed by atoms with E-state index < -0.39 is 35.0 Å². The molecule has 1 heterocycles. The van der Waals surface area contributed by atoms with E-state index in [-0.39, 0.29) is 35.6 Å². The summed E-state index contributed by atoms with van der Waals surface area (Å²) in [5.74, 6) is -1.35. The third kappa shape index (κ3) is 9.95. The van der Waals surface area contributed by atoms with E-state index in [0.717, 1.165) is 21.7 Å². The van der Waals surface area contributed by atoms with E-state index in [0.29, 0.717) is 56.3 Å². The maximum Gasteiger partial charge on any atom is 0.416 e. The Balaban J connectivity index is 1.48. The van der Waals surface area contributed by atoms with Gasteiger partial charge in [-0.2, -0.15) is 26.3 Å². The first-order chi connectivity index (χ1) is 23.0. The second kappa shape index (κ2) is 15.9. The number of nitrogens with zero attached hydrogens (tertiary/aromatic N) is 3. The van der Waals surface area contributed by atoms with E-state index in [1.54, 1.807) is 25.2 Å². The van der Waals surface area contributed by atoms with Gasteiger partial charge in [-0.15, -0.1) is 0 Å². The smallest absolute Gasteiger partial charge is 0.369 e. The number of hydrogen-bond donors (Lipinski definition) is 2. The molecule has 0 saturated carbocycles. The largest absolute Gasteiger partial charge is 0.416 e. The molecule has 2 atom stereocenters. The molecule has 3 aromatic carbocycles. The van der Waals surface area contributed by atoms with Gasteiger partial charge in [0.25, 0.3) is 5.91 Å². The number of amides is 3. The van der Waals surface area contributed by atoms with E-state index in [9.17, 15) is 35.9 Å². The molecule has 15 heteroatoms. The molecule has 266 valence electrons. The quantitative estimate of drug-likeness (QED) is 0.207. The molecule has 3 aromatic rings. The number of nitrogens with one attached hydrogen (secondary N) is 2. The van der Waals surface area contributed by atoms with Gasteiger partial charge in [0.1, 0.15) is 0 Å². The predicted molar refractivity (Wildman–Crippen MR) is 178 cm³/mol. The molecule has 0 unspecified atom stereocenters. The fourth-order valence-corrected chi connectivity index (χ4v) is 6.19. The van der Waals surface area contributed by atoms with Crippen molar-refractivity contribution < 1.29 is 35.9 Å². The summed E-state index contributed by atoms with van der Waals surface area (Å²) < 4.78 is 80.8. The molecule has 1 aliphatic rings. The van der Waals surface area contributed by atoms with Gasteiger partial charge in [0, 0.05) is 64.0 Å². The summed E-state index contributed by atoms with van der Waals surface area (Å²) in [4.78, 5) is 30.9. The number of benzene rings is 3. The summed E-state index contributed by atoms with van der Waals surface area (Å²) in [6.45, 7) is 5.33. The number of alkyl halides is 6. The second-order valence-corrected chi connectivity index (χ2v) is 12.8. The summed E-state index contributed by atoms with van der Waals surface area (Å²) in [6.07, 6.45) is -9.65. The van der Waals surface area contributed by atoms with Gasteiger partial charge in [-0.3, -0.25) is 9.69 Å². The molecule has 1 saturated heterocycles. The Morgan fingerprint density at radius 2 is 1.49 bits per heavy atom. The van der Waals surface area contributed by atoms with Crippen LogP contribution in [-0.4, -0.2) is 75.1 Å². The van der Waals surface area contributed by atoms with Crippen LogP contribution in [-0.2, 0) is 12.4 Å². The summed E-state index contributed by atoms with van der Waals surface area (Å²) in [5, 5.41) is 6.06. The fraction of sp³-hybridized carbons (Fsp3) is 0.412. The molecule has 0 bridgehead atoms. The highest BCUT2D eigenvalue weighted by atomic mass is 35.5. The average Bonchev–Trinajstić information content (AvgIpc) is 3.06. The lowest BCUT2D eigenvalue weighted by atomic mass is 9.94. The summed E-state index contributed by atoms with van der Waals surface area (Å²) in [5.41, 5.74) is -1.11. The lowest BCUT2D eigenvalue weighted by Crippen LogP contribution is -2.47. The van der Waals surface area contributed by atoms with Crippen LogP contribution in [0.2, 0.25) is 10.0 Å². The monoisotopic (exact) mass is 731 g/mol. The van der Waals surface area contributed by atoms with Crippen LogP contribution in [0.1, 0.15) is 57.9 Å². The molecule has 2 N–H and O–H groups in total. The number of halogens is 8. The van der Waals surface area contributed by atoms with E-state index in [1.807, 2.05) is 31.2 Å². The molecule has 3 amide bonds. The van der Waals surface area contributed by atoms with E-state index in [1.165, 1.54) is 7.05 Å². The number of carbonyl (C=O) groups is 2. The van der Waals surface area contributed by atoms with Gasteiger partial charge in [0.2, 0.25) is 0 Å². The highest BCUT2D eigenvalue weighted by Crippen LogP contribution is 2.37. The van der Waals surface area contributed by atoms with Gasteiger partial charge in [-0.25, -0.2) is 4.79 Å². The van der Waals surface area contributed by atoms with Crippen LogP contribution in [0, 0.1) is 0 Å². The topological polar surface area (TPSA) is 67.9 Å². The maximum atomic E-state index is 13.5. The number of rotatable bonds is 10. The molecule has 1 aliphatic heterocycles. The van der Waals surface area contributed by atoms with E-state index >= 15 is 0 Å². The zero-order valence-electron chi connectivity index (χ0n) is 27.1. The normalized spacial score (nSPS) is 15.4. The van der Waals surface area contributed by atoms with Gasteiger partial charge in [-0.05, 0) is 67.4 Å². The van der Waals surface area contributed by atoms with Crippen molar-refractivity contribution in [3.8, 4) is 0 Å². The molecule has 1 fully saturated rings. The number of anilines is 1. The highest BCUT2D eigenvalue weighted by molar-refractivity contribution is 6.42. The Morgan fingerprint density at radius 3 is 2.06 bits per heavy atom. The number of urea groups is 1. The molecular formula is C34H37Cl2F6N5O2. The van der Waals surface area contributed by atoms with Gasteiger partial charge >= 0.3 is 18.4 Å². The van der Waals surface area contributed by atoms with Crippen molar-refractivity contribution >= 4 is 40.8 Å². The van der Waals surface area contributed by atoms with Crippen molar-refractivity contribution in [1.29, 1.82) is 0 Å². The van der Waals surface area contributed by atoms with Crippen molar-refractivity contribution in [1.82, 2.24) is 20.4 Å². The minimum absolute atomic E-state index is 0.00203. The Hall–Kier alpha value is -3.68. The Morgan fingerprint density at radius 1 is 0.878 bits per heavy atom. The summed E-state index contributed by atoms with van der Waals surface area (Å²) in [6, 6.07) is 13.2. The van der Waals surface area contributed by atoms with Gasteiger partial charge < -0.3 is 20.4 Å². The molecule has 7 nitrogen and oxygen atoms in total. The van der Waals surface area contributed by atoms with Crippen molar-refractivity contribution in [2.45, 2.75) is 37.7 Å². The second-order valence-electron chi connectivity index (χ2n) is 12.0. The van der Waals surface area contributed by atoms with Crippen LogP contribution in [0.5, 0.6) is 0 Å². The van der Waals surface area contributed by atoms with Crippen molar-refractivity contribution in [3.05, 3.63) is 98.5 Å². The van der Waals surface area contributed by atoms with Crippen LogP contribution in [0.15, 0.2) is 60.7 Å². The lowest BCUT2D eigenvalue weighted by Gasteiger charge is -2.38. The first kappa shape index (κ1) is 38.1. The minimum atomic E-state index is -5.08. The van der Waals surface area contributed by atoms with Crippen molar-refractivity contribution in [2.75, 3.05) is 58.3 Å². The average molecular weight is 733 g/mol. The van der Waals surface area contributed by atoms with E-state index in [4.69, 9.17) is 23.2 Å². The maximum absolute atomic E-state index is 13.5. The summed E-state index contributed by atoms with van der Waals surface area (Å²) >= 11 is 12.4. The van der Waals surface area contributed by atoms with Crippen LogP contribution in [0.25, 0.3) is 0 Å². The molecule has 4 rings (SSSR count). The van der Waals surface area contributed by atoms with Crippen LogP contribution < -0.4 is 15.5 Å². The third-order valence-corrected chi connectivity index (χ3v) is 9.31. The van der Waals surface area contributed by atoms with Crippen molar-refractivity contribution in [2.24, 2.45) is 0 Å². The van der Waals surface area contributed by atoms with Crippen LogP contribution >= 0.6 is 23.2 Å². The summed E-state index contributed by atoms with van der Waals surface area (Å²) in [7, 11) is 2.90. The number of para-hydroxylation sites is 1. The first-order valence-electron chi connectivity index (χ1n) is 15.5. The van der Waals surface area contributed by atoms with Gasteiger partial charge in [0.15, 0.2) is 0 Å². The predicted octanol–water partition coefficient (Wildman–Crippen LogP) is 8.09. The Labute approximate surface area is 291 Å². The molecule has 0 radical (unpaired) electrons. The number of carbonyl (C=O) groups excluding carboxylic acids is 2.